The Labute approximate surface area is 269 Å². The standard InChI is InChI=1S/C35H45NO10/c1-18-15-25(44-30(39)19(18)2)20(3)23-16-28(43-21(4)37)34(41)24-17-29-35(46-29)27(45-31(40)36-11-13-42-14-12-36)8-7-26(38)33(35,6)22(24)9-10-32(23,34)5/h7-8,16,20,22,24-25,27-29,41H,9-15,17H2,1-6H3. The van der Waals surface area contributed by atoms with Crippen LogP contribution in [0.1, 0.15) is 67.2 Å². The minimum atomic E-state index is -1.55. The van der Waals surface area contributed by atoms with Gasteiger partial charge in [-0.15, -0.1) is 0 Å². The summed E-state index contributed by atoms with van der Waals surface area (Å²) in [6, 6.07) is 0. The summed E-state index contributed by atoms with van der Waals surface area (Å²) in [5.74, 6) is -2.03. The van der Waals surface area contributed by atoms with E-state index in [0.717, 1.165) is 11.1 Å². The molecule has 4 fully saturated rings. The highest BCUT2D eigenvalue weighted by Crippen LogP contribution is 2.74. The molecule has 2 saturated carbocycles. The lowest BCUT2D eigenvalue weighted by Crippen LogP contribution is -2.70. The van der Waals surface area contributed by atoms with E-state index in [1.807, 2.05) is 33.8 Å². The van der Waals surface area contributed by atoms with Crippen LogP contribution >= 0.6 is 0 Å². The summed E-state index contributed by atoms with van der Waals surface area (Å²) in [7, 11) is 0. The number of esters is 2. The van der Waals surface area contributed by atoms with Crippen molar-refractivity contribution < 1.29 is 48.0 Å². The third-order valence-electron chi connectivity index (χ3n) is 13.0. The molecule has 250 valence electrons. The fourth-order valence-corrected chi connectivity index (χ4v) is 10.2. The highest BCUT2D eigenvalue weighted by atomic mass is 16.7. The van der Waals surface area contributed by atoms with Gasteiger partial charge in [-0.2, -0.15) is 0 Å². The molecule has 0 aromatic heterocycles. The number of fused-ring (bicyclic) bond motifs is 4. The summed E-state index contributed by atoms with van der Waals surface area (Å²) < 4.78 is 29.7. The van der Waals surface area contributed by atoms with Gasteiger partial charge in [0.25, 0.3) is 0 Å². The summed E-state index contributed by atoms with van der Waals surface area (Å²) in [5, 5.41) is 13.1. The van der Waals surface area contributed by atoms with Crippen molar-refractivity contribution in [3.63, 3.8) is 0 Å². The predicted molar refractivity (Wildman–Crippen MR) is 162 cm³/mol. The third-order valence-corrected chi connectivity index (χ3v) is 13.0. The van der Waals surface area contributed by atoms with Crippen LogP contribution < -0.4 is 0 Å². The van der Waals surface area contributed by atoms with Crippen LogP contribution in [0.3, 0.4) is 0 Å². The zero-order chi connectivity index (χ0) is 33.0. The number of hydrogen-bond donors (Lipinski definition) is 1. The number of cyclic esters (lactones) is 1. The zero-order valence-electron chi connectivity index (χ0n) is 27.5. The van der Waals surface area contributed by atoms with Gasteiger partial charge in [0.1, 0.15) is 23.4 Å². The van der Waals surface area contributed by atoms with Gasteiger partial charge in [0.15, 0.2) is 11.9 Å². The van der Waals surface area contributed by atoms with Crippen molar-refractivity contribution in [2.45, 2.75) is 103 Å². The highest BCUT2D eigenvalue weighted by molar-refractivity contribution is 5.98. The molecule has 0 aromatic rings. The van der Waals surface area contributed by atoms with Crippen molar-refractivity contribution in [1.29, 1.82) is 0 Å². The third kappa shape index (κ3) is 4.06. The fraction of sp³-hybridized carbons (Fsp3) is 0.714. The maximum Gasteiger partial charge on any atom is 0.410 e. The van der Waals surface area contributed by atoms with E-state index in [4.69, 9.17) is 23.7 Å². The molecule has 0 radical (unpaired) electrons. The van der Waals surface area contributed by atoms with Crippen molar-refractivity contribution >= 4 is 23.8 Å². The van der Waals surface area contributed by atoms with E-state index in [1.165, 1.54) is 13.0 Å². The monoisotopic (exact) mass is 639 g/mol. The number of epoxide rings is 1. The van der Waals surface area contributed by atoms with Crippen LogP contribution in [-0.2, 0) is 38.1 Å². The van der Waals surface area contributed by atoms with Crippen molar-refractivity contribution in [3.8, 4) is 0 Å². The molecule has 2 saturated heterocycles. The van der Waals surface area contributed by atoms with Crippen LogP contribution in [0.4, 0.5) is 4.79 Å². The smallest absolute Gasteiger partial charge is 0.410 e. The summed E-state index contributed by atoms with van der Waals surface area (Å²) >= 11 is 0. The van der Waals surface area contributed by atoms with Gasteiger partial charge in [0, 0.05) is 43.3 Å². The number of ketones is 1. The molecule has 1 spiro atoms. The average molecular weight is 640 g/mol. The number of carbonyl (C=O) groups is 4. The van der Waals surface area contributed by atoms with E-state index in [-0.39, 0.29) is 23.6 Å². The Hall–Kier alpha value is -3.02. The van der Waals surface area contributed by atoms with Gasteiger partial charge in [-0.25, -0.2) is 9.59 Å². The first-order valence-corrected chi connectivity index (χ1v) is 16.6. The molecule has 0 bridgehead atoms. The number of amides is 1. The van der Waals surface area contributed by atoms with Gasteiger partial charge in [-0.05, 0) is 70.1 Å². The molecule has 3 heterocycles. The predicted octanol–water partition coefficient (Wildman–Crippen LogP) is 3.43. The second kappa shape index (κ2) is 10.5. The molecule has 11 heteroatoms. The molecule has 7 aliphatic rings. The van der Waals surface area contributed by atoms with Crippen LogP contribution in [-0.4, -0.2) is 95.7 Å². The topological polar surface area (TPSA) is 141 Å². The number of aliphatic hydroxyl groups is 1. The molecule has 0 aromatic carbocycles. The van der Waals surface area contributed by atoms with Crippen LogP contribution in [0.25, 0.3) is 0 Å². The summed E-state index contributed by atoms with van der Waals surface area (Å²) in [6.07, 6.45) is 4.06. The molecule has 3 aliphatic heterocycles. The Bertz CT molecular complexity index is 1480. The Balaban J connectivity index is 1.22. The van der Waals surface area contributed by atoms with Gasteiger partial charge >= 0.3 is 18.0 Å². The first-order valence-electron chi connectivity index (χ1n) is 16.6. The number of ether oxygens (including phenoxy) is 5. The van der Waals surface area contributed by atoms with E-state index in [1.54, 1.807) is 17.9 Å². The van der Waals surface area contributed by atoms with E-state index >= 15 is 0 Å². The number of hydrogen-bond acceptors (Lipinski definition) is 10. The Morgan fingerprint density at radius 3 is 2.48 bits per heavy atom. The summed E-state index contributed by atoms with van der Waals surface area (Å²) in [5.41, 5.74) is -2.01. The van der Waals surface area contributed by atoms with Crippen LogP contribution in [0.5, 0.6) is 0 Å². The van der Waals surface area contributed by atoms with Gasteiger partial charge in [0.05, 0.1) is 24.7 Å². The van der Waals surface area contributed by atoms with Gasteiger partial charge < -0.3 is 33.7 Å². The number of allylic oxidation sites excluding steroid dienone is 1. The number of morpholine rings is 1. The van der Waals surface area contributed by atoms with Gasteiger partial charge in [-0.3, -0.25) is 9.59 Å². The largest absolute Gasteiger partial charge is 0.458 e. The van der Waals surface area contributed by atoms with Gasteiger partial charge in [-0.1, -0.05) is 25.0 Å². The molecule has 7 rings (SSSR count). The molecule has 11 unspecified atom stereocenters. The number of rotatable bonds is 4. The maximum absolute atomic E-state index is 14.0. The van der Waals surface area contributed by atoms with Crippen LogP contribution in [0.15, 0.2) is 34.9 Å². The molecule has 1 N–H and O–H groups in total. The van der Waals surface area contributed by atoms with E-state index < -0.39 is 64.4 Å². The second-order valence-corrected chi connectivity index (χ2v) is 14.9. The number of carbonyl (C=O) groups excluding carboxylic acids is 4. The Morgan fingerprint density at radius 2 is 1.80 bits per heavy atom. The second-order valence-electron chi connectivity index (χ2n) is 14.9. The lowest BCUT2D eigenvalue weighted by atomic mass is 9.42. The molecule has 11 nitrogen and oxygen atoms in total. The minimum Gasteiger partial charge on any atom is -0.458 e. The Morgan fingerprint density at radius 1 is 1.09 bits per heavy atom. The van der Waals surface area contributed by atoms with E-state index in [2.05, 4.69) is 0 Å². The maximum atomic E-state index is 14.0. The normalized spacial score (nSPS) is 45.0. The molecule has 1 amide bonds. The molecular weight excluding hydrogens is 594 g/mol. The SMILES string of the molecule is CC(=O)OC1C=C(C(C)C2CC(C)=C(C)C(=O)O2)C2(C)CCC3C(CC4OC45C(OC(=O)N4CCOCC4)C=CC(=O)C35C)C12O. The summed E-state index contributed by atoms with van der Waals surface area (Å²) in [6.45, 7) is 12.7. The molecule has 46 heavy (non-hydrogen) atoms. The molecule has 4 aliphatic carbocycles. The quantitative estimate of drug-likeness (QED) is 0.211. The van der Waals surface area contributed by atoms with Crippen LogP contribution in [0.2, 0.25) is 0 Å². The number of nitrogens with zero attached hydrogens (tertiary/aromatic N) is 1. The first-order chi connectivity index (χ1) is 21.7. The van der Waals surface area contributed by atoms with Crippen molar-refractivity contribution in [3.05, 3.63) is 34.9 Å². The van der Waals surface area contributed by atoms with E-state index in [9.17, 15) is 24.3 Å². The summed E-state index contributed by atoms with van der Waals surface area (Å²) in [4.78, 5) is 54.0. The van der Waals surface area contributed by atoms with E-state index in [0.29, 0.717) is 57.6 Å². The lowest BCUT2D eigenvalue weighted by Gasteiger charge is -2.61. The first kappa shape index (κ1) is 31.6. The fourth-order valence-electron chi connectivity index (χ4n) is 10.2. The molecule has 11 atom stereocenters. The van der Waals surface area contributed by atoms with Crippen molar-refractivity contribution in [1.82, 2.24) is 4.90 Å². The minimum absolute atomic E-state index is 0.120. The van der Waals surface area contributed by atoms with Crippen molar-refractivity contribution in [2.75, 3.05) is 26.3 Å². The Kier molecular flexibility index (Phi) is 7.20. The van der Waals surface area contributed by atoms with Crippen LogP contribution in [0, 0.1) is 28.6 Å². The lowest BCUT2D eigenvalue weighted by molar-refractivity contribution is -0.224. The highest BCUT2D eigenvalue weighted by Gasteiger charge is 2.83. The zero-order valence-corrected chi connectivity index (χ0v) is 27.5. The molecular formula is C35H45NO10. The van der Waals surface area contributed by atoms with Crippen molar-refractivity contribution in [2.24, 2.45) is 28.6 Å². The van der Waals surface area contributed by atoms with Gasteiger partial charge in [0.2, 0.25) is 0 Å². The average Bonchev–Trinajstić information content (AvgIpc) is 3.71.